The normalized spacial score (nSPS) is 47.1. The molecule has 0 bridgehead atoms. The summed E-state index contributed by atoms with van der Waals surface area (Å²) >= 11 is 0. The smallest absolute Gasteiger partial charge is 0.323 e. The average molecular weight is 387 g/mol. The van der Waals surface area contributed by atoms with E-state index in [-0.39, 0.29) is 29.2 Å². The third kappa shape index (κ3) is 2.98. The number of rotatable bonds is 3. The molecule has 0 aliphatic heterocycles. The maximum Gasteiger partial charge on any atom is 0.323 e. The van der Waals surface area contributed by atoms with Crippen molar-refractivity contribution in [3.05, 3.63) is 5.53 Å². The van der Waals surface area contributed by atoms with Crippen LogP contribution in [-0.2, 0) is 14.3 Å². The lowest BCUT2D eigenvalue weighted by Gasteiger charge is -2.60. The zero-order valence-corrected chi connectivity index (χ0v) is 17.5. The Morgan fingerprint density at radius 3 is 2.43 bits per heavy atom. The molecule has 4 fully saturated rings. The molecule has 0 N–H and O–H groups in total. The molecule has 0 radical (unpaired) electrons. The molecule has 5 heteroatoms. The van der Waals surface area contributed by atoms with E-state index in [9.17, 15) is 9.59 Å². The van der Waals surface area contributed by atoms with Crippen LogP contribution in [-0.4, -0.2) is 28.9 Å². The third-order valence-corrected chi connectivity index (χ3v) is 9.48. The zero-order chi connectivity index (χ0) is 20.1. The topological polar surface area (TPSA) is 79.8 Å². The van der Waals surface area contributed by atoms with E-state index in [2.05, 4.69) is 18.6 Å². The molecule has 8 unspecified atom stereocenters. The second kappa shape index (κ2) is 7.09. The summed E-state index contributed by atoms with van der Waals surface area (Å²) in [5.41, 5.74) is 9.22. The van der Waals surface area contributed by atoms with E-state index in [4.69, 9.17) is 10.3 Å². The number of Topliss-reactive ketones (excluding diaryl/α,β-unsaturated/α-hetero) is 1. The highest BCUT2D eigenvalue weighted by Crippen LogP contribution is 2.67. The summed E-state index contributed by atoms with van der Waals surface area (Å²) in [5, 5.41) is 0. The summed E-state index contributed by atoms with van der Waals surface area (Å²) < 4.78 is 5.56. The molecule has 4 aliphatic carbocycles. The third-order valence-electron chi connectivity index (χ3n) is 9.48. The summed E-state index contributed by atoms with van der Waals surface area (Å²) in [6.45, 7) is 6.34. The fraction of sp³-hybridized carbons (Fsp3) is 0.870. The first kappa shape index (κ1) is 19.8. The Hall–Kier alpha value is -1.48. The molecule has 0 saturated heterocycles. The number of fused-ring (bicyclic) bond motifs is 5. The van der Waals surface area contributed by atoms with Crippen LogP contribution in [0.3, 0.4) is 0 Å². The predicted octanol–water partition coefficient (Wildman–Crippen LogP) is 4.45. The van der Waals surface area contributed by atoms with Gasteiger partial charge in [-0.3, -0.25) is 9.59 Å². The molecule has 4 saturated carbocycles. The lowest BCUT2D eigenvalue weighted by Crippen LogP contribution is -2.54. The van der Waals surface area contributed by atoms with Crippen LogP contribution in [0, 0.1) is 40.4 Å². The van der Waals surface area contributed by atoms with Gasteiger partial charge < -0.3 is 10.3 Å². The van der Waals surface area contributed by atoms with Gasteiger partial charge in [0.05, 0.1) is 0 Å². The lowest BCUT2D eigenvalue weighted by molar-refractivity contribution is -0.160. The van der Waals surface area contributed by atoms with E-state index in [1.807, 2.05) is 0 Å². The van der Waals surface area contributed by atoms with Gasteiger partial charge in [0.1, 0.15) is 6.10 Å². The molecule has 4 rings (SSSR count). The SMILES string of the molecule is CC(=O)OC1CCC2(C)C(CCC3C2CCC2(C)C(C(=O)C=[N+]=[N-])CCC32)C1. The van der Waals surface area contributed by atoms with Crippen molar-refractivity contribution in [2.75, 3.05) is 0 Å². The van der Waals surface area contributed by atoms with Crippen LogP contribution in [0.1, 0.15) is 78.6 Å². The summed E-state index contributed by atoms with van der Waals surface area (Å²) in [5.74, 6) is 2.56. The van der Waals surface area contributed by atoms with Gasteiger partial charge in [-0.2, -0.15) is 4.79 Å². The van der Waals surface area contributed by atoms with Crippen molar-refractivity contribution in [1.82, 2.24) is 0 Å². The number of ether oxygens (including phenoxy) is 1. The predicted molar refractivity (Wildman–Crippen MR) is 105 cm³/mol. The van der Waals surface area contributed by atoms with Gasteiger partial charge in [-0.15, -0.1) is 0 Å². The van der Waals surface area contributed by atoms with Crippen molar-refractivity contribution in [3.8, 4) is 0 Å². The minimum atomic E-state index is -0.149. The molecule has 0 aromatic heterocycles. The lowest BCUT2D eigenvalue weighted by atomic mass is 9.44. The number of nitrogens with zero attached hydrogens (tertiary/aromatic N) is 2. The van der Waals surface area contributed by atoms with Crippen LogP contribution in [0.5, 0.6) is 0 Å². The largest absolute Gasteiger partial charge is 0.463 e. The quantitative estimate of drug-likeness (QED) is 0.311. The summed E-state index contributed by atoms with van der Waals surface area (Å²) in [6.07, 6.45) is 11.2. The Kier molecular flexibility index (Phi) is 5.02. The van der Waals surface area contributed by atoms with Crippen molar-refractivity contribution >= 4 is 18.0 Å². The van der Waals surface area contributed by atoms with Crippen molar-refractivity contribution in [2.24, 2.45) is 40.4 Å². The van der Waals surface area contributed by atoms with Gasteiger partial charge >= 0.3 is 12.2 Å². The van der Waals surface area contributed by atoms with Crippen LogP contribution in [0.25, 0.3) is 5.53 Å². The van der Waals surface area contributed by atoms with Crippen LogP contribution in [0.2, 0.25) is 0 Å². The van der Waals surface area contributed by atoms with Gasteiger partial charge in [-0.05, 0) is 92.3 Å². The first-order valence-corrected chi connectivity index (χ1v) is 11.2. The number of carbonyl (C=O) groups is 2. The Morgan fingerprint density at radius 1 is 1.00 bits per heavy atom. The molecule has 0 spiro atoms. The number of carbonyl (C=O) groups excluding carboxylic acids is 2. The van der Waals surface area contributed by atoms with Crippen molar-refractivity contribution in [1.29, 1.82) is 0 Å². The highest BCUT2D eigenvalue weighted by molar-refractivity contribution is 6.26. The molecule has 4 aliphatic rings. The molecule has 8 atom stereocenters. The molecule has 28 heavy (non-hydrogen) atoms. The number of ketones is 1. The molecular weight excluding hydrogens is 352 g/mol. The van der Waals surface area contributed by atoms with Crippen molar-refractivity contribution in [3.63, 3.8) is 0 Å². The molecule has 0 heterocycles. The van der Waals surface area contributed by atoms with E-state index in [1.165, 1.54) is 26.2 Å². The fourth-order valence-corrected chi connectivity index (χ4v) is 8.17. The molecule has 0 amide bonds. The van der Waals surface area contributed by atoms with Crippen LogP contribution < -0.4 is 0 Å². The van der Waals surface area contributed by atoms with Gasteiger partial charge in [0.15, 0.2) is 0 Å². The molecule has 154 valence electrons. The van der Waals surface area contributed by atoms with E-state index in [0.717, 1.165) is 50.7 Å². The monoisotopic (exact) mass is 386 g/mol. The average Bonchev–Trinajstić information content (AvgIpc) is 2.99. The summed E-state index contributed by atoms with van der Waals surface area (Å²) in [6, 6.07) is 0. The zero-order valence-electron chi connectivity index (χ0n) is 17.5. The summed E-state index contributed by atoms with van der Waals surface area (Å²) in [4.78, 5) is 26.9. The minimum Gasteiger partial charge on any atom is -0.463 e. The Morgan fingerprint density at radius 2 is 1.71 bits per heavy atom. The van der Waals surface area contributed by atoms with Gasteiger partial charge in [-0.25, -0.2) is 0 Å². The maximum atomic E-state index is 12.5. The van der Waals surface area contributed by atoms with Crippen LogP contribution in [0.4, 0.5) is 0 Å². The van der Waals surface area contributed by atoms with Gasteiger partial charge in [0, 0.05) is 12.8 Å². The van der Waals surface area contributed by atoms with Gasteiger partial charge in [-0.1, -0.05) is 13.8 Å². The van der Waals surface area contributed by atoms with Crippen molar-refractivity contribution in [2.45, 2.75) is 84.7 Å². The Balaban J connectivity index is 1.53. The first-order chi connectivity index (χ1) is 13.3. The van der Waals surface area contributed by atoms with Crippen molar-refractivity contribution < 1.29 is 19.1 Å². The second-order valence-electron chi connectivity index (χ2n) is 10.5. The van der Waals surface area contributed by atoms with Gasteiger partial charge in [0.25, 0.3) is 0 Å². The molecule has 0 aromatic carbocycles. The van der Waals surface area contributed by atoms with Gasteiger partial charge in [0.2, 0.25) is 5.78 Å². The van der Waals surface area contributed by atoms with E-state index in [1.54, 1.807) is 0 Å². The van der Waals surface area contributed by atoms with Crippen LogP contribution >= 0.6 is 0 Å². The number of hydrogen-bond acceptors (Lipinski definition) is 3. The molecule has 0 aromatic rings. The number of esters is 1. The minimum absolute atomic E-state index is 0.00716. The highest BCUT2D eigenvalue weighted by Gasteiger charge is 2.61. The van der Waals surface area contributed by atoms with Crippen LogP contribution in [0.15, 0.2) is 0 Å². The molecule has 5 nitrogen and oxygen atoms in total. The second-order valence-corrected chi connectivity index (χ2v) is 10.5. The molecular formula is C23H34N2O3. The Bertz CT molecular complexity index is 715. The summed E-state index contributed by atoms with van der Waals surface area (Å²) in [7, 11) is 0. The maximum absolute atomic E-state index is 12.5. The first-order valence-electron chi connectivity index (χ1n) is 11.2. The van der Waals surface area contributed by atoms with E-state index in [0.29, 0.717) is 23.2 Å². The van der Waals surface area contributed by atoms with E-state index < -0.39 is 0 Å². The number of hydrogen-bond donors (Lipinski definition) is 0. The van der Waals surface area contributed by atoms with E-state index >= 15 is 0 Å². The Labute approximate surface area is 168 Å². The highest BCUT2D eigenvalue weighted by atomic mass is 16.5. The fourth-order valence-electron chi connectivity index (χ4n) is 8.17. The standard InChI is InChI=1S/C23H34N2O3/c1-14(26)28-16-8-10-22(2)15(12-16)4-5-17-18-6-7-20(21(27)13-25-24)23(18,3)11-9-19(17)22/h13,15-20H,4-12H2,1-3H3.